The number of likely N-dealkylation sites (tertiary alicyclic amines) is 1. The van der Waals surface area contributed by atoms with E-state index in [1.807, 2.05) is 40.7 Å². The van der Waals surface area contributed by atoms with E-state index in [2.05, 4.69) is 10.1 Å². The molecule has 6 nitrogen and oxygen atoms in total. The van der Waals surface area contributed by atoms with Gasteiger partial charge < -0.3 is 14.3 Å². The van der Waals surface area contributed by atoms with E-state index in [9.17, 15) is 4.79 Å². The standard InChI is InChI=1S/C15H20N4O2S/c1-18(2)15-16-14(21-17-15)12-4-3-6-19(9-12)13(20)8-11-5-7-22-10-11/h5,7,10,12H,3-4,6,8-9H2,1-2H3/t12-/m0/s1. The second kappa shape index (κ2) is 6.48. The van der Waals surface area contributed by atoms with Gasteiger partial charge in [-0.1, -0.05) is 0 Å². The molecule has 1 fully saturated rings. The van der Waals surface area contributed by atoms with Crippen LogP contribution in [-0.2, 0) is 11.2 Å². The van der Waals surface area contributed by atoms with Crippen molar-refractivity contribution in [3.05, 3.63) is 28.3 Å². The molecule has 1 aliphatic heterocycles. The zero-order chi connectivity index (χ0) is 15.5. The summed E-state index contributed by atoms with van der Waals surface area (Å²) in [5.74, 6) is 1.53. The minimum Gasteiger partial charge on any atom is -0.344 e. The number of carbonyl (C=O) groups is 1. The molecule has 0 saturated carbocycles. The summed E-state index contributed by atoms with van der Waals surface area (Å²) in [6, 6.07) is 2.01. The van der Waals surface area contributed by atoms with Crippen molar-refractivity contribution >= 4 is 23.2 Å². The fourth-order valence-corrected chi connectivity index (χ4v) is 3.33. The highest BCUT2D eigenvalue weighted by atomic mass is 32.1. The van der Waals surface area contributed by atoms with E-state index in [0.717, 1.165) is 24.9 Å². The monoisotopic (exact) mass is 320 g/mol. The predicted octanol–water partition coefficient (Wildman–Crippen LogP) is 2.15. The van der Waals surface area contributed by atoms with Crippen LogP contribution in [0.1, 0.15) is 30.2 Å². The second-order valence-electron chi connectivity index (χ2n) is 5.81. The molecule has 0 aromatic carbocycles. The van der Waals surface area contributed by atoms with Crippen molar-refractivity contribution in [1.82, 2.24) is 15.0 Å². The topological polar surface area (TPSA) is 62.5 Å². The molecule has 0 aliphatic carbocycles. The van der Waals surface area contributed by atoms with Crippen LogP contribution in [0.25, 0.3) is 0 Å². The van der Waals surface area contributed by atoms with E-state index < -0.39 is 0 Å². The highest BCUT2D eigenvalue weighted by Crippen LogP contribution is 2.27. The Labute approximate surface area is 133 Å². The van der Waals surface area contributed by atoms with E-state index in [-0.39, 0.29) is 11.8 Å². The predicted molar refractivity (Wildman–Crippen MR) is 85.2 cm³/mol. The van der Waals surface area contributed by atoms with Crippen molar-refractivity contribution in [2.45, 2.75) is 25.2 Å². The van der Waals surface area contributed by atoms with E-state index >= 15 is 0 Å². The lowest BCUT2D eigenvalue weighted by molar-refractivity contribution is -0.131. The number of hydrogen-bond acceptors (Lipinski definition) is 6. The number of carbonyl (C=O) groups excluding carboxylic acids is 1. The van der Waals surface area contributed by atoms with Crippen LogP contribution in [0.3, 0.4) is 0 Å². The number of nitrogens with zero attached hydrogens (tertiary/aromatic N) is 4. The number of amides is 1. The second-order valence-corrected chi connectivity index (χ2v) is 6.59. The number of rotatable bonds is 4. The molecular formula is C15H20N4O2S. The van der Waals surface area contributed by atoms with Gasteiger partial charge in [-0.3, -0.25) is 4.79 Å². The van der Waals surface area contributed by atoms with E-state index in [0.29, 0.717) is 24.8 Å². The average molecular weight is 320 g/mol. The van der Waals surface area contributed by atoms with Crippen molar-refractivity contribution in [3.8, 4) is 0 Å². The third-order valence-corrected chi connectivity index (χ3v) is 4.62. The third kappa shape index (κ3) is 3.30. The first-order valence-corrected chi connectivity index (χ1v) is 8.37. The first-order chi connectivity index (χ1) is 10.6. The van der Waals surface area contributed by atoms with E-state index in [1.54, 1.807) is 11.3 Å². The molecule has 1 saturated heterocycles. The van der Waals surface area contributed by atoms with Crippen molar-refractivity contribution in [2.75, 3.05) is 32.1 Å². The molecule has 2 aromatic heterocycles. The molecule has 0 N–H and O–H groups in total. The fraction of sp³-hybridized carbons (Fsp3) is 0.533. The SMILES string of the molecule is CN(C)c1noc([C@H]2CCCN(C(=O)Cc3ccsc3)C2)n1. The van der Waals surface area contributed by atoms with Crippen LogP contribution in [0, 0.1) is 0 Å². The molecule has 0 radical (unpaired) electrons. The summed E-state index contributed by atoms with van der Waals surface area (Å²) in [5, 5.41) is 7.99. The molecule has 1 atom stereocenters. The van der Waals surface area contributed by atoms with Gasteiger partial charge in [0.1, 0.15) is 0 Å². The Hall–Kier alpha value is -1.89. The van der Waals surface area contributed by atoms with Gasteiger partial charge in [-0.15, -0.1) is 0 Å². The van der Waals surface area contributed by atoms with Crippen LogP contribution in [0.2, 0.25) is 0 Å². The Bertz CT molecular complexity index is 623. The molecule has 0 spiro atoms. The lowest BCUT2D eigenvalue weighted by Crippen LogP contribution is -2.40. The summed E-state index contributed by atoms with van der Waals surface area (Å²) in [6.07, 6.45) is 2.43. The highest BCUT2D eigenvalue weighted by molar-refractivity contribution is 7.07. The average Bonchev–Trinajstić information content (AvgIpc) is 3.18. The number of hydrogen-bond donors (Lipinski definition) is 0. The number of thiophene rings is 1. The van der Waals surface area contributed by atoms with E-state index in [1.165, 1.54) is 0 Å². The Morgan fingerprint density at radius 1 is 1.55 bits per heavy atom. The van der Waals surface area contributed by atoms with Crippen molar-refractivity contribution in [1.29, 1.82) is 0 Å². The minimum atomic E-state index is 0.140. The van der Waals surface area contributed by atoms with Crippen LogP contribution >= 0.6 is 11.3 Å². The Morgan fingerprint density at radius 2 is 2.41 bits per heavy atom. The summed E-state index contributed by atoms with van der Waals surface area (Å²) in [6.45, 7) is 1.48. The van der Waals surface area contributed by atoms with Crippen LogP contribution in [0.5, 0.6) is 0 Å². The molecular weight excluding hydrogens is 300 g/mol. The lowest BCUT2D eigenvalue weighted by Gasteiger charge is -2.31. The maximum atomic E-state index is 12.4. The van der Waals surface area contributed by atoms with Gasteiger partial charge in [-0.2, -0.15) is 16.3 Å². The van der Waals surface area contributed by atoms with Crippen molar-refractivity contribution < 1.29 is 9.32 Å². The van der Waals surface area contributed by atoms with Crippen LogP contribution < -0.4 is 4.90 Å². The molecule has 22 heavy (non-hydrogen) atoms. The Balaban J connectivity index is 1.64. The van der Waals surface area contributed by atoms with E-state index in [4.69, 9.17) is 4.52 Å². The summed E-state index contributed by atoms with van der Waals surface area (Å²) in [4.78, 5) is 20.6. The number of anilines is 1. The van der Waals surface area contributed by atoms with Gasteiger partial charge >= 0.3 is 0 Å². The van der Waals surface area contributed by atoms with Crippen molar-refractivity contribution in [3.63, 3.8) is 0 Å². The van der Waals surface area contributed by atoms with Crippen LogP contribution in [0.4, 0.5) is 5.95 Å². The highest BCUT2D eigenvalue weighted by Gasteiger charge is 2.28. The smallest absolute Gasteiger partial charge is 0.265 e. The quantitative estimate of drug-likeness (QED) is 0.864. The molecule has 0 unspecified atom stereocenters. The Kier molecular flexibility index (Phi) is 4.42. The molecule has 118 valence electrons. The zero-order valence-corrected chi connectivity index (χ0v) is 13.7. The first kappa shape index (κ1) is 15.0. The van der Waals surface area contributed by atoms with Gasteiger partial charge in [0, 0.05) is 27.2 Å². The fourth-order valence-electron chi connectivity index (χ4n) is 2.66. The summed E-state index contributed by atoms with van der Waals surface area (Å²) >= 11 is 1.62. The maximum absolute atomic E-state index is 12.4. The first-order valence-electron chi connectivity index (χ1n) is 7.43. The van der Waals surface area contributed by atoms with Crippen LogP contribution in [0.15, 0.2) is 21.3 Å². The molecule has 2 aromatic rings. The largest absolute Gasteiger partial charge is 0.344 e. The number of aromatic nitrogens is 2. The Morgan fingerprint density at radius 3 is 3.09 bits per heavy atom. The molecule has 3 heterocycles. The third-order valence-electron chi connectivity index (χ3n) is 3.89. The van der Waals surface area contributed by atoms with Gasteiger partial charge in [0.2, 0.25) is 11.8 Å². The van der Waals surface area contributed by atoms with Gasteiger partial charge in [0.05, 0.1) is 12.3 Å². The van der Waals surface area contributed by atoms with Crippen molar-refractivity contribution in [2.24, 2.45) is 0 Å². The lowest BCUT2D eigenvalue weighted by atomic mass is 9.97. The maximum Gasteiger partial charge on any atom is 0.265 e. The summed E-state index contributed by atoms with van der Waals surface area (Å²) in [5.41, 5.74) is 1.09. The number of piperidine rings is 1. The van der Waals surface area contributed by atoms with Gasteiger partial charge in [0.15, 0.2) is 0 Å². The van der Waals surface area contributed by atoms with Gasteiger partial charge in [0.25, 0.3) is 5.95 Å². The molecule has 3 rings (SSSR count). The minimum absolute atomic E-state index is 0.140. The van der Waals surface area contributed by atoms with Crippen LogP contribution in [-0.4, -0.2) is 48.1 Å². The summed E-state index contributed by atoms with van der Waals surface area (Å²) in [7, 11) is 3.76. The molecule has 1 amide bonds. The molecule has 1 aliphatic rings. The normalized spacial score (nSPS) is 18.5. The van der Waals surface area contributed by atoms with Gasteiger partial charge in [-0.25, -0.2) is 0 Å². The zero-order valence-electron chi connectivity index (χ0n) is 12.9. The molecule has 7 heteroatoms. The summed E-state index contributed by atoms with van der Waals surface area (Å²) < 4.78 is 5.36. The molecule has 0 bridgehead atoms. The van der Waals surface area contributed by atoms with Gasteiger partial charge in [-0.05, 0) is 40.4 Å².